The summed E-state index contributed by atoms with van der Waals surface area (Å²) in [4.78, 5) is 12.1. The highest BCUT2D eigenvalue weighted by Gasteiger charge is 2.20. The molecule has 3 rings (SSSR count). The van der Waals surface area contributed by atoms with E-state index < -0.39 is 0 Å². The fourth-order valence-corrected chi connectivity index (χ4v) is 4.03. The van der Waals surface area contributed by atoms with Gasteiger partial charge in [0.25, 0.3) is 0 Å². The van der Waals surface area contributed by atoms with Gasteiger partial charge in [0, 0.05) is 52.9 Å². The topological polar surface area (TPSA) is 34.1 Å². The largest absolute Gasteiger partial charge is 0.356 e. The number of benzene rings is 1. The average Bonchev–Trinajstić information content (AvgIpc) is 3.17. The molecule has 152 valence electrons. The summed E-state index contributed by atoms with van der Waals surface area (Å²) in [5.74, 6) is 1.72. The molecular weight excluding hydrogens is 449 g/mol. The predicted octanol–water partition coefficient (Wildman–Crippen LogP) is 2.73. The van der Waals surface area contributed by atoms with E-state index in [0.717, 1.165) is 45.2 Å². The number of halogens is 1. The third-order valence-electron chi connectivity index (χ3n) is 5.51. The second-order valence-electron chi connectivity index (χ2n) is 7.79. The number of aliphatic imine (C=N–C) groups is 1. The van der Waals surface area contributed by atoms with E-state index in [1.165, 1.54) is 38.0 Å². The van der Waals surface area contributed by atoms with Gasteiger partial charge in [0.05, 0.1) is 0 Å². The molecule has 0 aliphatic carbocycles. The van der Waals surface area contributed by atoms with Crippen molar-refractivity contribution in [2.45, 2.75) is 26.3 Å². The molecule has 27 heavy (non-hydrogen) atoms. The summed E-state index contributed by atoms with van der Waals surface area (Å²) in [6, 6.07) is 10.8. The number of hydrogen-bond donors (Lipinski definition) is 1. The van der Waals surface area contributed by atoms with E-state index in [4.69, 9.17) is 0 Å². The molecule has 1 aromatic rings. The third-order valence-corrected chi connectivity index (χ3v) is 5.51. The van der Waals surface area contributed by atoms with E-state index in [1.807, 2.05) is 7.05 Å². The van der Waals surface area contributed by atoms with E-state index >= 15 is 0 Å². The maximum Gasteiger partial charge on any atom is 0.193 e. The van der Waals surface area contributed by atoms with Crippen LogP contribution in [0.2, 0.25) is 0 Å². The molecule has 2 fully saturated rings. The SMILES string of the molecule is CN=C(NCC(C)CN1CCCC1)N1CCN(Cc2ccccc2)CC1.I. The van der Waals surface area contributed by atoms with Crippen LogP contribution in [0.3, 0.4) is 0 Å². The molecule has 2 aliphatic heterocycles. The molecule has 1 unspecified atom stereocenters. The van der Waals surface area contributed by atoms with Crippen LogP contribution in [0.25, 0.3) is 0 Å². The van der Waals surface area contributed by atoms with Crippen molar-refractivity contribution in [1.82, 2.24) is 20.0 Å². The number of guanidine groups is 1. The Morgan fingerprint density at radius 2 is 1.67 bits per heavy atom. The van der Waals surface area contributed by atoms with E-state index in [0.29, 0.717) is 5.92 Å². The summed E-state index contributed by atoms with van der Waals surface area (Å²) in [6.07, 6.45) is 2.74. The highest BCUT2D eigenvalue weighted by molar-refractivity contribution is 14.0. The van der Waals surface area contributed by atoms with Crippen LogP contribution in [0, 0.1) is 5.92 Å². The summed E-state index contributed by atoms with van der Waals surface area (Å²) >= 11 is 0. The maximum absolute atomic E-state index is 4.52. The van der Waals surface area contributed by atoms with Gasteiger partial charge >= 0.3 is 0 Å². The highest BCUT2D eigenvalue weighted by Crippen LogP contribution is 2.11. The Bertz CT molecular complexity index is 551. The second kappa shape index (κ2) is 11.9. The molecule has 1 atom stereocenters. The van der Waals surface area contributed by atoms with Crippen molar-refractivity contribution in [3.05, 3.63) is 35.9 Å². The standard InChI is InChI=1S/C21H35N5.HI/c1-19(17-24-10-6-7-11-24)16-23-21(22-2)26-14-12-25(13-15-26)18-20-8-4-3-5-9-20;/h3-5,8-9,19H,6-7,10-18H2,1-2H3,(H,22,23);1H. The van der Waals surface area contributed by atoms with E-state index in [-0.39, 0.29) is 24.0 Å². The Morgan fingerprint density at radius 1 is 1.00 bits per heavy atom. The maximum atomic E-state index is 4.52. The summed E-state index contributed by atoms with van der Waals surface area (Å²) in [5.41, 5.74) is 1.40. The van der Waals surface area contributed by atoms with Crippen LogP contribution >= 0.6 is 24.0 Å². The van der Waals surface area contributed by atoms with Crippen molar-refractivity contribution in [2.75, 3.05) is 59.4 Å². The van der Waals surface area contributed by atoms with Crippen molar-refractivity contribution in [3.8, 4) is 0 Å². The first-order valence-electron chi connectivity index (χ1n) is 10.2. The normalized spacial score (nSPS) is 20.4. The fraction of sp³-hybridized carbons (Fsp3) is 0.667. The first kappa shape index (κ1) is 22.4. The number of piperazine rings is 1. The van der Waals surface area contributed by atoms with Crippen LogP contribution in [0.4, 0.5) is 0 Å². The minimum Gasteiger partial charge on any atom is -0.356 e. The molecule has 0 bridgehead atoms. The van der Waals surface area contributed by atoms with E-state index in [2.05, 4.69) is 62.3 Å². The lowest BCUT2D eigenvalue weighted by Crippen LogP contribution is -2.52. The Labute approximate surface area is 182 Å². The number of nitrogens with zero attached hydrogens (tertiary/aromatic N) is 4. The van der Waals surface area contributed by atoms with Crippen LogP contribution in [-0.4, -0.2) is 80.1 Å². The molecule has 0 radical (unpaired) electrons. The average molecular weight is 485 g/mol. The van der Waals surface area contributed by atoms with Crippen LogP contribution in [-0.2, 0) is 6.54 Å². The monoisotopic (exact) mass is 485 g/mol. The minimum atomic E-state index is 0. The zero-order valence-corrected chi connectivity index (χ0v) is 19.3. The smallest absolute Gasteiger partial charge is 0.193 e. The summed E-state index contributed by atoms with van der Waals surface area (Å²) in [7, 11) is 1.91. The Morgan fingerprint density at radius 3 is 2.30 bits per heavy atom. The molecule has 0 spiro atoms. The Hall–Kier alpha value is -0.860. The third kappa shape index (κ3) is 7.23. The minimum absolute atomic E-state index is 0. The molecule has 5 nitrogen and oxygen atoms in total. The number of nitrogens with one attached hydrogen (secondary N) is 1. The van der Waals surface area contributed by atoms with Crippen molar-refractivity contribution in [2.24, 2.45) is 10.9 Å². The van der Waals surface area contributed by atoms with Gasteiger partial charge in [-0.2, -0.15) is 0 Å². The van der Waals surface area contributed by atoms with Gasteiger partial charge in [-0.15, -0.1) is 24.0 Å². The van der Waals surface area contributed by atoms with Gasteiger partial charge in [-0.3, -0.25) is 9.89 Å². The predicted molar refractivity (Wildman–Crippen MR) is 125 cm³/mol. The van der Waals surface area contributed by atoms with Gasteiger partial charge in [0.2, 0.25) is 0 Å². The van der Waals surface area contributed by atoms with E-state index in [1.54, 1.807) is 0 Å². The summed E-state index contributed by atoms with van der Waals surface area (Å²) in [5, 5.41) is 3.61. The first-order valence-corrected chi connectivity index (χ1v) is 10.2. The zero-order chi connectivity index (χ0) is 18.2. The van der Waals surface area contributed by atoms with Crippen LogP contribution < -0.4 is 5.32 Å². The van der Waals surface area contributed by atoms with Gasteiger partial charge in [0.1, 0.15) is 0 Å². The number of rotatable bonds is 6. The number of hydrogen-bond acceptors (Lipinski definition) is 3. The van der Waals surface area contributed by atoms with Crippen LogP contribution in [0.5, 0.6) is 0 Å². The Balaban J connectivity index is 0.00000261. The molecule has 1 N–H and O–H groups in total. The van der Waals surface area contributed by atoms with Crippen LogP contribution in [0.1, 0.15) is 25.3 Å². The Kier molecular flexibility index (Phi) is 9.86. The molecule has 0 saturated carbocycles. The molecule has 6 heteroatoms. The van der Waals surface area contributed by atoms with Crippen molar-refractivity contribution < 1.29 is 0 Å². The molecule has 2 heterocycles. The number of likely N-dealkylation sites (tertiary alicyclic amines) is 1. The molecular formula is C21H36IN5. The highest BCUT2D eigenvalue weighted by atomic mass is 127. The van der Waals surface area contributed by atoms with Gasteiger partial charge in [-0.1, -0.05) is 37.3 Å². The zero-order valence-electron chi connectivity index (χ0n) is 16.9. The molecule has 1 aromatic carbocycles. The molecule has 2 aliphatic rings. The van der Waals surface area contributed by atoms with Gasteiger partial charge in [-0.25, -0.2) is 0 Å². The van der Waals surface area contributed by atoms with Crippen LogP contribution in [0.15, 0.2) is 35.3 Å². The van der Waals surface area contributed by atoms with Gasteiger partial charge < -0.3 is 15.1 Å². The van der Waals surface area contributed by atoms with E-state index in [9.17, 15) is 0 Å². The lowest BCUT2D eigenvalue weighted by molar-refractivity contribution is 0.172. The van der Waals surface area contributed by atoms with Gasteiger partial charge in [0.15, 0.2) is 5.96 Å². The molecule has 2 saturated heterocycles. The molecule has 0 aromatic heterocycles. The second-order valence-corrected chi connectivity index (χ2v) is 7.79. The van der Waals surface area contributed by atoms with Crippen molar-refractivity contribution in [1.29, 1.82) is 0 Å². The lowest BCUT2D eigenvalue weighted by atomic mass is 10.1. The lowest BCUT2D eigenvalue weighted by Gasteiger charge is -2.37. The van der Waals surface area contributed by atoms with Crippen molar-refractivity contribution in [3.63, 3.8) is 0 Å². The quantitative estimate of drug-likeness (QED) is 0.382. The first-order chi connectivity index (χ1) is 12.7. The van der Waals surface area contributed by atoms with Gasteiger partial charge in [-0.05, 0) is 37.4 Å². The molecule has 0 amide bonds. The fourth-order valence-electron chi connectivity index (χ4n) is 4.03. The van der Waals surface area contributed by atoms with Crippen molar-refractivity contribution >= 4 is 29.9 Å². The summed E-state index contributed by atoms with van der Waals surface area (Å²) in [6.45, 7) is 12.5. The summed E-state index contributed by atoms with van der Waals surface area (Å²) < 4.78 is 0.